The van der Waals surface area contributed by atoms with Gasteiger partial charge in [0.25, 0.3) is 0 Å². The van der Waals surface area contributed by atoms with Gasteiger partial charge in [-0.15, -0.1) is 0 Å². The number of carbonyl (C=O) groups is 2. The quantitative estimate of drug-likeness (QED) is 0.672. The zero-order valence-electron chi connectivity index (χ0n) is 15.4. The van der Waals surface area contributed by atoms with Crippen molar-refractivity contribution in [2.45, 2.75) is 19.9 Å². The summed E-state index contributed by atoms with van der Waals surface area (Å²) in [4.78, 5) is 28.4. The smallest absolute Gasteiger partial charge is 0.244 e. The third-order valence-corrected chi connectivity index (χ3v) is 4.14. The van der Waals surface area contributed by atoms with E-state index in [0.717, 1.165) is 16.9 Å². The number of ether oxygens (including phenoxy) is 1. The molecule has 0 fully saturated rings. The van der Waals surface area contributed by atoms with Gasteiger partial charge in [-0.3, -0.25) is 9.59 Å². The van der Waals surface area contributed by atoms with Crippen molar-refractivity contribution in [1.82, 2.24) is 14.9 Å². The molecule has 2 aromatic carbocycles. The van der Waals surface area contributed by atoms with Crippen molar-refractivity contribution in [2.75, 3.05) is 19.0 Å². The number of nitrogens with zero attached hydrogens (tertiary/aromatic N) is 2. The normalized spacial score (nSPS) is 10.6. The molecule has 0 saturated heterocycles. The number of benzene rings is 2. The number of para-hydroxylation sites is 4. The van der Waals surface area contributed by atoms with Crippen LogP contribution in [0.4, 0.5) is 5.69 Å². The van der Waals surface area contributed by atoms with Crippen molar-refractivity contribution >= 4 is 28.5 Å². The van der Waals surface area contributed by atoms with Crippen molar-refractivity contribution in [3.05, 3.63) is 54.4 Å². The number of imidazole rings is 1. The lowest BCUT2D eigenvalue weighted by atomic mass is 10.3. The maximum Gasteiger partial charge on any atom is 0.244 e. The van der Waals surface area contributed by atoms with Gasteiger partial charge in [0.1, 0.15) is 18.1 Å². The topological polar surface area (TPSA) is 85.2 Å². The first kappa shape index (κ1) is 18.4. The summed E-state index contributed by atoms with van der Waals surface area (Å²) in [6, 6.07) is 14.9. The molecule has 0 aliphatic rings. The first-order valence-electron chi connectivity index (χ1n) is 8.70. The highest BCUT2D eigenvalue weighted by molar-refractivity contribution is 5.93. The second-order valence-electron chi connectivity index (χ2n) is 6.08. The molecule has 0 spiro atoms. The summed E-state index contributed by atoms with van der Waals surface area (Å²) in [6.45, 7) is 2.06. The van der Waals surface area contributed by atoms with Crippen LogP contribution in [-0.2, 0) is 22.6 Å². The molecule has 27 heavy (non-hydrogen) atoms. The van der Waals surface area contributed by atoms with E-state index in [4.69, 9.17) is 4.74 Å². The molecule has 1 aromatic heterocycles. The van der Waals surface area contributed by atoms with Crippen molar-refractivity contribution < 1.29 is 14.3 Å². The van der Waals surface area contributed by atoms with Crippen LogP contribution < -0.4 is 15.4 Å². The molecule has 0 radical (unpaired) electrons. The number of anilines is 1. The van der Waals surface area contributed by atoms with E-state index in [2.05, 4.69) is 15.6 Å². The molecular formula is C20H22N4O3. The van der Waals surface area contributed by atoms with Crippen LogP contribution in [0.25, 0.3) is 11.0 Å². The lowest BCUT2D eigenvalue weighted by Crippen LogP contribution is -2.25. The Hall–Kier alpha value is -3.35. The number of rotatable bonds is 7. The summed E-state index contributed by atoms with van der Waals surface area (Å²) in [6.07, 6.45) is 0.538. The Balaban J connectivity index is 1.81. The van der Waals surface area contributed by atoms with Gasteiger partial charge in [-0.1, -0.05) is 24.3 Å². The lowest BCUT2D eigenvalue weighted by Gasteiger charge is -2.12. The largest absolute Gasteiger partial charge is 0.495 e. The summed E-state index contributed by atoms with van der Waals surface area (Å²) < 4.78 is 7.15. The Bertz CT molecular complexity index is 965. The van der Waals surface area contributed by atoms with Crippen LogP contribution in [0.3, 0.4) is 0 Å². The number of carbonyl (C=O) groups excluding carboxylic acids is 2. The lowest BCUT2D eigenvalue weighted by molar-refractivity contribution is -0.119. The predicted molar refractivity (Wildman–Crippen MR) is 104 cm³/mol. The van der Waals surface area contributed by atoms with E-state index in [1.807, 2.05) is 41.0 Å². The van der Waals surface area contributed by atoms with Gasteiger partial charge in [0, 0.05) is 19.9 Å². The minimum atomic E-state index is -0.177. The third-order valence-electron chi connectivity index (χ3n) is 4.14. The first-order chi connectivity index (χ1) is 13.1. The Morgan fingerprint density at radius 2 is 1.85 bits per heavy atom. The molecule has 0 unspecified atom stereocenters. The fraction of sp³-hybridized carbons (Fsp3) is 0.250. The summed E-state index contributed by atoms with van der Waals surface area (Å²) in [5.41, 5.74) is 2.32. The highest BCUT2D eigenvalue weighted by Crippen LogP contribution is 2.23. The van der Waals surface area contributed by atoms with Gasteiger partial charge in [0.05, 0.1) is 23.8 Å². The number of nitrogens with one attached hydrogen (secondary N) is 2. The second-order valence-corrected chi connectivity index (χ2v) is 6.08. The molecule has 7 heteroatoms. The maximum absolute atomic E-state index is 12.6. The van der Waals surface area contributed by atoms with Crippen molar-refractivity contribution in [3.63, 3.8) is 0 Å². The molecular weight excluding hydrogens is 344 g/mol. The number of hydrogen-bond acceptors (Lipinski definition) is 4. The fourth-order valence-corrected chi connectivity index (χ4v) is 2.92. The highest BCUT2D eigenvalue weighted by Gasteiger charge is 2.14. The minimum absolute atomic E-state index is 0.0911. The zero-order valence-corrected chi connectivity index (χ0v) is 15.4. The number of methoxy groups -OCH3 is 1. The summed E-state index contributed by atoms with van der Waals surface area (Å²) in [5, 5.41) is 5.65. The summed E-state index contributed by atoms with van der Waals surface area (Å²) in [5.74, 6) is 1.09. The molecule has 0 bridgehead atoms. The Morgan fingerprint density at radius 1 is 1.11 bits per heavy atom. The van der Waals surface area contributed by atoms with E-state index in [0.29, 0.717) is 24.4 Å². The summed E-state index contributed by atoms with van der Waals surface area (Å²) >= 11 is 0. The third kappa shape index (κ3) is 4.44. The van der Waals surface area contributed by atoms with Crippen LogP contribution in [0.15, 0.2) is 48.5 Å². The van der Waals surface area contributed by atoms with E-state index in [1.165, 1.54) is 6.92 Å². The molecule has 0 aliphatic heterocycles. The minimum Gasteiger partial charge on any atom is -0.495 e. The Morgan fingerprint density at radius 3 is 2.63 bits per heavy atom. The van der Waals surface area contributed by atoms with Crippen LogP contribution in [0.1, 0.15) is 12.7 Å². The van der Waals surface area contributed by atoms with Gasteiger partial charge in [-0.2, -0.15) is 0 Å². The Kier molecular flexibility index (Phi) is 5.71. The fourth-order valence-electron chi connectivity index (χ4n) is 2.92. The van der Waals surface area contributed by atoms with E-state index < -0.39 is 0 Å². The molecule has 7 nitrogen and oxygen atoms in total. The van der Waals surface area contributed by atoms with Crippen LogP contribution in [-0.4, -0.2) is 35.0 Å². The molecule has 140 valence electrons. The predicted octanol–water partition coefficient (Wildman–Crippen LogP) is 2.36. The molecule has 0 aliphatic carbocycles. The average Bonchev–Trinajstić information content (AvgIpc) is 2.99. The van der Waals surface area contributed by atoms with E-state index in [9.17, 15) is 9.59 Å². The number of aromatic nitrogens is 2. The van der Waals surface area contributed by atoms with Gasteiger partial charge in [-0.25, -0.2) is 4.98 Å². The van der Waals surface area contributed by atoms with Crippen LogP contribution in [0.2, 0.25) is 0 Å². The van der Waals surface area contributed by atoms with Crippen LogP contribution >= 0.6 is 0 Å². The number of amides is 2. The molecule has 3 rings (SSSR count). The van der Waals surface area contributed by atoms with Crippen LogP contribution in [0, 0.1) is 0 Å². The van der Waals surface area contributed by atoms with E-state index in [-0.39, 0.29) is 18.4 Å². The number of hydrogen-bond donors (Lipinski definition) is 2. The van der Waals surface area contributed by atoms with Gasteiger partial charge in [0.2, 0.25) is 11.8 Å². The molecule has 1 heterocycles. The summed E-state index contributed by atoms with van der Waals surface area (Å²) in [7, 11) is 1.56. The SMILES string of the molecule is COc1ccccc1NC(=O)Cn1c(CCNC(C)=O)nc2ccccc21. The average molecular weight is 366 g/mol. The van der Waals surface area contributed by atoms with Crippen molar-refractivity contribution in [3.8, 4) is 5.75 Å². The zero-order chi connectivity index (χ0) is 19.2. The molecule has 3 aromatic rings. The monoisotopic (exact) mass is 366 g/mol. The second kappa shape index (κ2) is 8.35. The maximum atomic E-state index is 12.6. The number of fused-ring (bicyclic) bond motifs is 1. The van der Waals surface area contributed by atoms with Crippen LogP contribution in [0.5, 0.6) is 5.75 Å². The van der Waals surface area contributed by atoms with Gasteiger partial charge < -0.3 is 19.9 Å². The molecule has 2 N–H and O–H groups in total. The first-order valence-corrected chi connectivity index (χ1v) is 8.70. The molecule has 2 amide bonds. The van der Waals surface area contributed by atoms with E-state index in [1.54, 1.807) is 19.2 Å². The van der Waals surface area contributed by atoms with Crippen molar-refractivity contribution in [2.24, 2.45) is 0 Å². The van der Waals surface area contributed by atoms with Gasteiger partial charge >= 0.3 is 0 Å². The van der Waals surface area contributed by atoms with Gasteiger partial charge in [-0.05, 0) is 24.3 Å². The Labute approximate surface area is 157 Å². The van der Waals surface area contributed by atoms with Gasteiger partial charge in [0.15, 0.2) is 0 Å². The van der Waals surface area contributed by atoms with Crippen molar-refractivity contribution in [1.29, 1.82) is 0 Å². The molecule has 0 atom stereocenters. The van der Waals surface area contributed by atoms with E-state index >= 15 is 0 Å². The highest BCUT2D eigenvalue weighted by atomic mass is 16.5. The molecule has 0 saturated carbocycles. The standard InChI is InChI=1S/C20H22N4O3/c1-14(25)21-12-11-19-22-15-7-3-5-9-17(15)24(19)13-20(26)23-16-8-4-6-10-18(16)27-2/h3-10H,11-13H2,1-2H3,(H,21,25)(H,23,26).